The van der Waals surface area contributed by atoms with Gasteiger partial charge >= 0.3 is 6.18 Å². The summed E-state index contributed by atoms with van der Waals surface area (Å²) < 4.78 is 43.3. The van der Waals surface area contributed by atoms with Crippen molar-refractivity contribution in [2.45, 2.75) is 12.7 Å². The molecule has 2 nitrogen and oxygen atoms in total. The number of nitrogens with one attached hydrogen (secondary N) is 1. The van der Waals surface area contributed by atoms with Crippen molar-refractivity contribution in [3.8, 4) is 0 Å². The molecule has 0 saturated carbocycles. The first kappa shape index (κ1) is 13.0. The molecule has 0 atom stereocenters. The topological polar surface area (TPSA) is 25.2 Å². The first-order valence-corrected chi connectivity index (χ1v) is 5.89. The third-order valence-corrected chi connectivity index (χ3v) is 3.02. The smallest absolute Gasteiger partial charge is 0.416 e. The van der Waals surface area contributed by atoms with Crippen molar-refractivity contribution in [1.82, 2.24) is 0 Å². The first-order valence-electron chi connectivity index (χ1n) is 5.10. The Morgan fingerprint density at radius 3 is 2.61 bits per heavy atom. The normalized spacial score (nSPS) is 11.6. The highest BCUT2D eigenvalue weighted by atomic mass is 79.9. The predicted octanol–water partition coefficient (Wildman–Crippen LogP) is 4.67. The van der Waals surface area contributed by atoms with E-state index in [1.54, 1.807) is 12.1 Å². The number of hydrogen-bond acceptors (Lipinski definition) is 2. The standard InChI is InChI=1S/C12H9BrF3NO/c13-10-4-3-8(12(14,15)16)6-11(10)17-7-9-2-1-5-18-9/h1-6,17H,7H2. The van der Waals surface area contributed by atoms with Gasteiger partial charge in [0, 0.05) is 10.2 Å². The fourth-order valence-corrected chi connectivity index (χ4v) is 1.82. The van der Waals surface area contributed by atoms with E-state index in [0.29, 0.717) is 22.5 Å². The molecule has 0 aliphatic rings. The van der Waals surface area contributed by atoms with Crippen molar-refractivity contribution >= 4 is 21.6 Å². The third kappa shape index (κ3) is 3.07. The van der Waals surface area contributed by atoms with Crippen LogP contribution in [0.25, 0.3) is 0 Å². The summed E-state index contributed by atoms with van der Waals surface area (Å²) in [5.74, 6) is 0.652. The Bertz CT molecular complexity index is 523. The van der Waals surface area contributed by atoms with Crippen molar-refractivity contribution in [2.75, 3.05) is 5.32 Å². The van der Waals surface area contributed by atoms with Crippen molar-refractivity contribution in [3.05, 3.63) is 52.4 Å². The zero-order chi connectivity index (χ0) is 13.2. The molecule has 6 heteroatoms. The van der Waals surface area contributed by atoms with Gasteiger partial charge in [-0.15, -0.1) is 0 Å². The minimum absolute atomic E-state index is 0.326. The summed E-state index contributed by atoms with van der Waals surface area (Å²) in [5.41, 5.74) is -0.311. The highest BCUT2D eigenvalue weighted by molar-refractivity contribution is 9.10. The molecule has 18 heavy (non-hydrogen) atoms. The molecule has 0 bridgehead atoms. The van der Waals surface area contributed by atoms with Gasteiger partial charge in [0.15, 0.2) is 0 Å². The molecule has 0 fully saturated rings. The molecule has 96 valence electrons. The van der Waals surface area contributed by atoms with E-state index in [0.717, 1.165) is 12.1 Å². The SMILES string of the molecule is FC(F)(F)c1ccc(Br)c(NCc2ccco2)c1. The number of anilines is 1. The second-order valence-corrected chi connectivity index (χ2v) is 4.48. The van der Waals surface area contributed by atoms with Gasteiger partial charge in [-0.2, -0.15) is 13.2 Å². The summed E-state index contributed by atoms with van der Waals surface area (Å²) in [6.45, 7) is 0.326. The summed E-state index contributed by atoms with van der Waals surface area (Å²) in [6.07, 6.45) is -2.83. The van der Waals surface area contributed by atoms with E-state index < -0.39 is 11.7 Å². The van der Waals surface area contributed by atoms with Crippen LogP contribution in [0.3, 0.4) is 0 Å². The van der Waals surface area contributed by atoms with Crippen molar-refractivity contribution in [1.29, 1.82) is 0 Å². The summed E-state index contributed by atoms with van der Waals surface area (Å²) in [5, 5.41) is 2.89. The first-order chi connectivity index (χ1) is 8.47. The highest BCUT2D eigenvalue weighted by Crippen LogP contribution is 2.34. The summed E-state index contributed by atoms with van der Waals surface area (Å²) >= 11 is 3.20. The van der Waals surface area contributed by atoms with Gasteiger partial charge in [-0.1, -0.05) is 0 Å². The van der Waals surface area contributed by atoms with Gasteiger partial charge in [-0.05, 0) is 46.3 Å². The molecule has 1 heterocycles. The lowest BCUT2D eigenvalue weighted by Gasteiger charge is -2.11. The van der Waals surface area contributed by atoms with Crippen molar-refractivity contribution in [3.63, 3.8) is 0 Å². The Labute approximate surface area is 110 Å². The summed E-state index contributed by atoms with van der Waals surface area (Å²) in [6, 6.07) is 6.93. The number of benzene rings is 1. The lowest BCUT2D eigenvalue weighted by Crippen LogP contribution is -2.06. The van der Waals surface area contributed by atoms with Crippen LogP contribution in [-0.4, -0.2) is 0 Å². The molecule has 0 aliphatic carbocycles. The van der Waals surface area contributed by atoms with Crippen LogP contribution >= 0.6 is 15.9 Å². The molecule has 1 aromatic carbocycles. The van der Waals surface area contributed by atoms with Gasteiger partial charge in [-0.25, -0.2) is 0 Å². The molecule has 0 amide bonds. The Morgan fingerprint density at radius 2 is 2.00 bits per heavy atom. The van der Waals surface area contributed by atoms with Gasteiger partial charge < -0.3 is 9.73 Å². The Hall–Kier alpha value is -1.43. The van der Waals surface area contributed by atoms with E-state index in [-0.39, 0.29) is 0 Å². The van der Waals surface area contributed by atoms with Crippen LogP contribution in [0.4, 0.5) is 18.9 Å². The van der Waals surface area contributed by atoms with E-state index >= 15 is 0 Å². The molecular formula is C12H9BrF3NO. The average Bonchev–Trinajstić information content (AvgIpc) is 2.79. The fourth-order valence-electron chi connectivity index (χ4n) is 1.43. The molecular weight excluding hydrogens is 311 g/mol. The van der Waals surface area contributed by atoms with Crippen LogP contribution < -0.4 is 5.32 Å². The van der Waals surface area contributed by atoms with Crippen LogP contribution in [0.2, 0.25) is 0 Å². The van der Waals surface area contributed by atoms with E-state index in [4.69, 9.17) is 4.42 Å². The maximum absolute atomic E-state index is 12.6. The van der Waals surface area contributed by atoms with Gasteiger partial charge in [-0.3, -0.25) is 0 Å². The number of furan rings is 1. The van der Waals surface area contributed by atoms with Crippen LogP contribution in [0.15, 0.2) is 45.5 Å². The second kappa shape index (κ2) is 5.06. The lowest BCUT2D eigenvalue weighted by molar-refractivity contribution is -0.137. The molecule has 0 aliphatic heterocycles. The minimum Gasteiger partial charge on any atom is -0.467 e. The molecule has 2 aromatic rings. The molecule has 0 unspecified atom stereocenters. The van der Waals surface area contributed by atoms with Gasteiger partial charge in [0.1, 0.15) is 5.76 Å². The second-order valence-electron chi connectivity index (χ2n) is 3.63. The molecule has 0 spiro atoms. The molecule has 0 radical (unpaired) electrons. The van der Waals surface area contributed by atoms with Crippen LogP contribution in [0.1, 0.15) is 11.3 Å². The van der Waals surface area contributed by atoms with E-state index in [9.17, 15) is 13.2 Å². The Morgan fingerprint density at radius 1 is 1.22 bits per heavy atom. The largest absolute Gasteiger partial charge is 0.467 e. The van der Waals surface area contributed by atoms with Gasteiger partial charge in [0.2, 0.25) is 0 Å². The van der Waals surface area contributed by atoms with Crippen LogP contribution in [-0.2, 0) is 12.7 Å². The van der Waals surface area contributed by atoms with E-state index in [2.05, 4.69) is 21.2 Å². The number of alkyl halides is 3. The number of hydrogen-bond donors (Lipinski definition) is 1. The number of rotatable bonds is 3. The molecule has 1 N–H and O–H groups in total. The van der Waals surface area contributed by atoms with Crippen molar-refractivity contribution < 1.29 is 17.6 Å². The number of halogens is 4. The summed E-state index contributed by atoms with van der Waals surface area (Å²) in [4.78, 5) is 0. The van der Waals surface area contributed by atoms with Crippen LogP contribution in [0, 0.1) is 0 Å². The Kier molecular flexibility index (Phi) is 3.65. The van der Waals surface area contributed by atoms with E-state index in [1.165, 1.54) is 12.3 Å². The van der Waals surface area contributed by atoms with Gasteiger partial charge in [0.25, 0.3) is 0 Å². The van der Waals surface area contributed by atoms with E-state index in [1.807, 2.05) is 0 Å². The van der Waals surface area contributed by atoms with Gasteiger partial charge in [0.05, 0.1) is 18.4 Å². The van der Waals surface area contributed by atoms with Crippen molar-refractivity contribution in [2.24, 2.45) is 0 Å². The summed E-state index contributed by atoms with van der Waals surface area (Å²) in [7, 11) is 0. The van der Waals surface area contributed by atoms with Crippen LogP contribution in [0.5, 0.6) is 0 Å². The zero-order valence-corrected chi connectivity index (χ0v) is 10.7. The zero-order valence-electron chi connectivity index (χ0n) is 9.09. The molecule has 2 rings (SSSR count). The predicted molar refractivity (Wildman–Crippen MR) is 65.2 cm³/mol. The maximum Gasteiger partial charge on any atom is 0.416 e. The Balaban J connectivity index is 2.16. The highest BCUT2D eigenvalue weighted by Gasteiger charge is 2.30. The maximum atomic E-state index is 12.6. The quantitative estimate of drug-likeness (QED) is 0.889. The monoisotopic (exact) mass is 319 g/mol. The molecule has 1 aromatic heterocycles. The third-order valence-electron chi connectivity index (χ3n) is 2.33. The lowest BCUT2D eigenvalue weighted by atomic mass is 10.2. The average molecular weight is 320 g/mol. The molecule has 0 saturated heterocycles. The minimum atomic E-state index is -4.35. The fraction of sp³-hybridized carbons (Fsp3) is 0.167.